The third-order valence-electron chi connectivity index (χ3n) is 2.09. The van der Waals surface area contributed by atoms with Gasteiger partial charge in [0.25, 0.3) is 5.91 Å². The summed E-state index contributed by atoms with van der Waals surface area (Å²) in [6, 6.07) is 0. The maximum Gasteiger partial charge on any atom is 0.284 e. The van der Waals surface area contributed by atoms with Crippen molar-refractivity contribution in [2.24, 2.45) is 0 Å². The first-order valence-electron chi connectivity index (χ1n) is 5.70. The Bertz CT molecular complexity index is 350. The van der Waals surface area contributed by atoms with Crippen LogP contribution in [0.3, 0.4) is 0 Å². The van der Waals surface area contributed by atoms with Crippen molar-refractivity contribution in [3.8, 4) is 0 Å². The van der Waals surface area contributed by atoms with Crippen molar-refractivity contribution in [3.63, 3.8) is 0 Å². The monoisotopic (exact) mass is 258 g/mol. The summed E-state index contributed by atoms with van der Waals surface area (Å²) < 4.78 is 0. The fourth-order valence-electron chi connectivity index (χ4n) is 1.37. The van der Waals surface area contributed by atoms with Crippen LogP contribution in [-0.2, 0) is 0 Å². The average Bonchev–Trinajstić information content (AvgIpc) is 2.77. The first-order valence-corrected chi connectivity index (χ1v) is 6.52. The minimum atomic E-state index is -0.164. The Morgan fingerprint density at radius 2 is 2.18 bits per heavy atom. The molecule has 1 aromatic heterocycles. The predicted molar refractivity (Wildman–Crippen MR) is 67.4 cm³/mol. The molecule has 96 valence electrons. The Kier molecular flexibility index (Phi) is 5.85. The number of nitrogens with zero attached hydrogens (tertiary/aromatic N) is 3. The molecule has 0 aliphatic heterocycles. The minimum absolute atomic E-state index is 0.0371. The van der Waals surface area contributed by atoms with Crippen molar-refractivity contribution in [2.45, 2.75) is 20.3 Å². The van der Waals surface area contributed by atoms with Gasteiger partial charge in [0.2, 0.25) is 10.1 Å². The van der Waals surface area contributed by atoms with Crippen LogP contribution in [0.1, 0.15) is 30.1 Å². The Hall–Kier alpha value is -1.21. The molecule has 6 nitrogen and oxygen atoms in total. The lowest BCUT2D eigenvalue weighted by atomic mass is 10.4. The number of amides is 1. The minimum Gasteiger partial charge on any atom is -0.395 e. The zero-order valence-corrected chi connectivity index (χ0v) is 11.0. The van der Waals surface area contributed by atoms with E-state index in [9.17, 15) is 4.79 Å². The van der Waals surface area contributed by atoms with Crippen LogP contribution in [0.5, 0.6) is 0 Å². The average molecular weight is 258 g/mol. The molecule has 0 radical (unpaired) electrons. The summed E-state index contributed by atoms with van der Waals surface area (Å²) in [5, 5.41) is 20.7. The highest BCUT2D eigenvalue weighted by atomic mass is 32.1. The van der Waals surface area contributed by atoms with Gasteiger partial charge in [0.05, 0.1) is 6.61 Å². The number of aliphatic hydroxyl groups is 1. The van der Waals surface area contributed by atoms with E-state index in [2.05, 4.69) is 15.5 Å². The molecule has 0 aliphatic carbocycles. The summed E-state index contributed by atoms with van der Waals surface area (Å²) in [6.07, 6.45) is 0.852. The number of anilines is 1. The van der Waals surface area contributed by atoms with Gasteiger partial charge in [-0.05, 0) is 13.3 Å². The van der Waals surface area contributed by atoms with Crippen molar-refractivity contribution in [3.05, 3.63) is 5.01 Å². The van der Waals surface area contributed by atoms with Gasteiger partial charge < -0.3 is 15.3 Å². The van der Waals surface area contributed by atoms with Gasteiger partial charge in [-0.1, -0.05) is 18.3 Å². The molecule has 0 aromatic carbocycles. The highest BCUT2D eigenvalue weighted by molar-refractivity contribution is 7.17. The number of aliphatic hydroxyl groups excluding tert-OH is 1. The molecule has 1 rings (SSSR count). The molecule has 0 bridgehead atoms. The van der Waals surface area contributed by atoms with Crippen LogP contribution >= 0.6 is 11.3 Å². The number of nitrogens with one attached hydrogen (secondary N) is 1. The normalized spacial score (nSPS) is 10.3. The van der Waals surface area contributed by atoms with E-state index < -0.39 is 0 Å². The van der Waals surface area contributed by atoms with Crippen LogP contribution in [0.25, 0.3) is 0 Å². The molecule has 1 heterocycles. The maximum absolute atomic E-state index is 12.0. The molecule has 0 atom stereocenters. The molecule has 0 saturated carbocycles. The molecule has 0 unspecified atom stereocenters. The van der Waals surface area contributed by atoms with E-state index >= 15 is 0 Å². The van der Waals surface area contributed by atoms with E-state index in [1.165, 1.54) is 11.3 Å². The third-order valence-corrected chi connectivity index (χ3v) is 2.96. The van der Waals surface area contributed by atoms with Gasteiger partial charge in [0.1, 0.15) is 0 Å². The van der Waals surface area contributed by atoms with Crippen molar-refractivity contribution in [1.82, 2.24) is 15.1 Å². The van der Waals surface area contributed by atoms with Crippen LogP contribution in [0.2, 0.25) is 0 Å². The molecule has 1 aromatic rings. The molecule has 7 heteroatoms. The summed E-state index contributed by atoms with van der Waals surface area (Å²) in [5.41, 5.74) is 0. The summed E-state index contributed by atoms with van der Waals surface area (Å²) in [5.74, 6) is -0.164. The van der Waals surface area contributed by atoms with Gasteiger partial charge in [-0.3, -0.25) is 4.79 Å². The Morgan fingerprint density at radius 3 is 2.76 bits per heavy atom. The number of rotatable bonds is 7. The second kappa shape index (κ2) is 7.18. The molecular formula is C10H18N4O2S. The van der Waals surface area contributed by atoms with Gasteiger partial charge >= 0.3 is 0 Å². The van der Waals surface area contributed by atoms with E-state index in [1.54, 1.807) is 4.90 Å². The molecular weight excluding hydrogens is 240 g/mol. The number of hydrogen-bond donors (Lipinski definition) is 2. The Labute approximate surface area is 105 Å². The van der Waals surface area contributed by atoms with E-state index in [4.69, 9.17) is 5.11 Å². The molecule has 2 N–H and O–H groups in total. The number of aromatic nitrogens is 2. The van der Waals surface area contributed by atoms with Gasteiger partial charge in [-0.15, -0.1) is 10.2 Å². The number of carbonyl (C=O) groups is 1. The summed E-state index contributed by atoms with van der Waals surface area (Å²) in [7, 11) is 0. The van der Waals surface area contributed by atoms with Crippen LogP contribution in [-0.4, -0.2) is 52.4 Å². The van der Waals surface area contributed by atoms with Gasteiger partial charge in [0, 0.05) is 19.6 Å². The predicted octanol–water partition coefficient (Wildman–Crippen LogP) is 0.814. The lowest BCUT2D eigenvalue weighted by Gasteiger charge is -2.19. The smallest absolute Gasteiger partial charge is 0.284 e. The second-order valence-electron chi connectivity index (χ2n) is 3.46. The lowest BCUT2D eigenvalue weighted by molar-refractivity contribution is 0.0720. The SMILES string of the molecule is CCCN(CCO)C(=O)c1nnc(NCC)s1. The van der Waals surface area contributed by atoms with Crippen molar-refractivity contribution in [1.29, 1.82) is 0 Å². The Morgan fingerprint density at radius 1 is 1.41 bits per heavy atom. The highest BCUT2D eigenvalue weighted by Crippen LogP contribution is 2.16. The standard InChI is InChI=1S/C10H18N4O2S/c1-3-5-14(6-7-15)9(16)8-12-13-10(17-8)11-4-2/h15H,3-7H2,1-2H3,(H,11,13). The van der Waals surface area contributed by atoms with Gasteiger partial charge in [-0.2, -0.15) is 0 Å². The molecule has 1 amide bonds. The zero-order valence-electron chi connectivity index (χ0n) is 10.1. The third kappa shape index (κ3) is 3.94. The van der Waals surface area contributed by atoms with Crippen molar-refractivity contribution in [2.75, 3.05) is 31.6 Å². The zero-order chi connectivity index (χ0) is 12.7. The largest absolute Gasteiger partial charge is 0.395 e. The number of hydrogen-bond acceptors (Lipinski definition) is 6. The van der Waals surface area contributed by atoms with E-state index in [1.807, 2.05) is 13.8 Å². The fraction of sp³-hybridized carbons (Fsp3) is 0.700. The molecule has 0 spiro atoms. The topological polar surface area (TPSA) is 78.3 Å². The quantitative estimate of drug-likeness (QED) is 0.757. The second-order valence-corrected chi connectivity index (χ2v) is 4.44. The highest BCUT2D eigenvalue weighted by Gasteiger charge is 2.19. The van der Waals surface area contributed by atoms with Crippen molar-refractivity contribution < 1.29 is 9.90 Å². The molecule has 0 fully saturated rings. The Balaban J connectivity index is 2.70. The molecule has 0 saturated heterocycles. The summed E-state index contributed by atoms with van der Waals surface area (Å²) in [6.45, 7) is 5.61. The van der Waals surface area contributed by atoms with Gasteiger partial charge in [-0.25, -0.2) is 0 Å². The first kappa shape index (κ1) is 13.9. The van der Waals surface area contributed by atoms with Crippen LogP contribution in [0.4, 0.5) is 5.13 Å². The molecule has 17 heavy (non-hydrogen) atoms. The van der Waals surface area contributed by atoms with Crippen molar-refractivity contribution >= 4 is 22.4 Å². The van der Waals surface area contributed by atoms with Crippen LogP contribution < -0.4 is 5.32 Å². The van der Waals surface area contributed by atoms with Crippen LogP contribution in [0, 0.1) is 0 Å². The summed E-state index contributed by atoms with van der Waals surface area (Å²) >= 11 is 1.24. The summed E-state index contributed by atoms with van der Waals surface area (Å²) in [4.78, 5) is 13.6. The maximum atomic E-state index is 12.0. The van der Waals surface area contributed by atoms with E-state index in [-0.39, 0.29) is 12.5 Å². The molecule has 0 aliphatic rings. The van der Waals surface area contributed by atoms with E-state index in [0.717, 1.165) is 13.0 Å². The number of carbonyl (C=O) groups excluding carboxylic acids is 1. The first-order chi connectivity index (χ1) is 8.22. The lowest BCUT2D eigenvalue weighted by Crippen LogP contribution is -2.34. The van der Waals surface area contributed by atoms with Crippen LogP contribution in [0.15, 0.2) is 0 Å². The van der Waals surface area contributed by atoms with Gasteiger partial charge in [0.15, 0.2) is 0 Å². The van der Waals surface area contributed by atoms with E-state index in [0.29, 0.717) is 23.2 Å². The fourth-order valence-corrected chi connectivity index (χ4v) is 2.15.